The molecule has 1 atom stereocenters. The fourth-order valence-electron chi connectivity index (χ4n) is 1.92. The van der Waals surface area contributed by atoms with E-state index in [-0.39, 0.29) is 0 Å². The van der Waals surface area contributed by atoms with Gasteiger partial charge >= 0.3 is 0 Å². The van der Waals surface area contributed by atoms with Crippen molar-refractivity contribution in [2.75, 3.05) is 37.7 Å². The molecule has 0 saturated carbocycles. The molecule has 2 rings (SSSR count). The van der Waals surface area contributed by atoms with Crippen LogP contribution in [-0.2, 0) is 0 Å². The molecule has 0 amide bonds. The van der Waals surface area contributed by atoms with Gasteiger partial charge in [0.2, 0.25) is 0 Å². The normalized spacial score (nSPS) is 21.8. The molecule has 5 nitrogen and oxygen atoms in total. The van der Waals surface area contributed by atoms with E-state index < -0.39 is 0 Å². The van der Waals surface area contributed by atoms with Crippen LogP contribution in [0, 0.1) is 5.92 Å². The minimum absolute atomic E-state index is 0.615. The van der Waals surface area contributed by atoms with Crippen molar-refractivity contribution in [3.05, 3.63) is 12.5 Å². The summed E-state index contributed by atoms with van der Waals surface area (Å²) >= 11 is 0. The molecule has 2 heterocycles. The highest BCUT2D eigenvalue weighted by molar-refractivity contribution is 5.58. The van der Waals surface area contributed by atoms with Crippen LogP contribution in [-0.4, -0.2) is 41.5 Å². The number of anilines is 2. The Labute approximate surface area is 89.7 Å². The first-order chi connectivity index (χ1) is 7.25. The van der Waals surface area contributed by atoms with Crippen molar-refractivity contribution >= 4 is 11.5 Å². The topological polar surface area (TPSA) is 67.1 Å². The number of likely N-dealkylation sites (tertiary alicyclic amines) is 1. The summed E-state index contributed by atoms with van der Waals surface area (Å²) in [4.78, 5) is 10.3. The minimum atomic E-state index is 0.615. The summed E-state index contributed by atoms with van der Waals surface area (Å²) in [5.74, 6) is 1.45. The zero-order chi connectivity index (χ0) is 10.7. The Kier molecular flexibility index (Phi) is 3.01. The van der Waals surface area contributed by atoms with Crippen LogP contribution < -0.4 is 11.1 Å². The molecule has 3 N–H and O–H groups in total. The van der Waals surface area contributed by atoms with Crippen molar-refractivity contribution < 1.29 is 0 Å². The molecule has 0 aromatic carbocycles. The molecule has 1 fully saturated rings. The Morgan fingerprint density at radius 2 is 2.53 bits per heavy atom. The molecule has 0 spiro atoms. The van der Waals surface area contributed by atoms with E-state index in [2.05, 4.69) is 27.2 Å². The van der Waals surface area contributed by atoms with Crippen molar-refractivity contribution in [2.24, 2.45) is 5.92 Å². The average molecular weight is 207 g/mol. The van der Waals surface area contributed by atoms with E-state index in [0.717, 1.165) is 18.9 Å². The maximum Gasteiger partial charge on any atom is 0.152 e. The van der Waals surface area contributed by atoms with Gasteiger partial charge < -0.3 is 16.0 Å². The fourth-order valence-corrected chi connectivity index (χ4v) is 1.92. The van der Waals surface area contributed by atoms with Gasteiger partial charge in [0, 0.05) is 13.1 Å². The molecule has 5 heteroatoms. The summed E-state index contributed by atoms with van der Waals surface area (Å²) in [6.45, 7) is 3.27. The number of aromatic nitrogens is 2. The third-order valence-electron chi connectivity index (χ3n) is 2.79. The van der Waals surface area contributed by atoms with E-state index in [1.807, 2.05) is 0 Å². The number of nitrogens with one attached hydrogen (secondary N) is 1. The Hall–Kier alpha value is -1.36. The largest absolute Gasteiger partial charge is 0.394 e. The van der Waals surface area contributed by atoms with Gasteiger partial charge in [0.25, 0.3) is 0 Å². The maximum absolute atomic E-state index is 5.73. The summed E-state index contributed by atoms with van der Waals surface area (Å²) < 4.78 is 0. The zero-order valence-electron chi connectivity index (χ0n) is 8.98. The summed E-state index contributed by atoms with van der Waals surface area (Å²) in [7, 11) is 2.15. The first-order valence-electron chi connectivity index (χ1n) is 5.23. The number of hydrogen-bond donors (Lipinski definition) is 2. The second kappa shape index (κ2) is 4.44. The second-order valence-electron chi connectivity index (χ2n) is 4.12. The lowest BCUT2D eigenvalue weighted by Gasteiger charge is -2.12. The van der Waals surface area contributed by atoms with Crippen LogP contribution in [0.1, 0.15) is 6.42 Å². The first kappa shape index (κ1) is 10.2. The van der Waals surface area contributed by atoms with Crippen LogP contribution in [0.3, 0.4) is 0 Å². The SMILES string of the molecule is CN1CCC(CNc2ncncc2N)C1. The molecular weight excluding hydrogens is 190 g/mol. The van der Waals surface area contributed by atoms with Gasteiger partial charge in [-0.25, -0.2) is 9.97 Å². The van der Waals surface area contributed by atoms with Crippen LogP contribution in [0.5, 0.6) is 0 Å². The van der Waals surface area contributed by atoms with Crippen LogP contribution >= 0.6 is 0 Å². The Balaban J connectivity index is 1.86. The zero-order valence-corrected chi connectivity index (χ0v) is 8.98. The quantitative estimate of drug-likeness (QED) is 0.752. The van der Waals surface area contributed by atoms with Gasteiger partial charge in [-0.15, -0.1) is 0 Å². The lowest BCUT2D eigenvalue weighted by Crippen LogP contribution is -2.19. The molecule has 1 aromatic rings. The van der Waals surface area contributed by atoms with E-state index in [9.17, 15) is 0 Å². The number of nitrogens with zero attached hydrogens (tertiary/aromatic N) is 3. The van der Waals surface area contributed by atoms with Crippen molar-refractivity contribution in [2.45, 2.75) is 6.42 Å². The van der Waals surface area contributed by atoms with Gasteiger partial charge in [-0.1, -0.05) is 0 Å². The molecule has 1 aromatic heterocycles. The van der Waals surface area contributed by atoms with Gasteiger partial charge in [0.1, 0.15) is 6.33 Å². The highest BCUT2D eigenvalue weighted by Crippen LogP contribution is 2.17. The first-order valence-corrected chi connectivity index (χ1v) is 5.23. The van der Waals surface area contributed by atoms with Crippen molar-refractivity contribution in [1.82, 2.24) is 14.9 Å². The van der Waals surface area contributed by atoms with Gasteiger partial charge in [0.15, 0.2) is 5.82 Å². The maximum atomic E-state index is 5.73. The molecule has 82 valence electrons. The van der Waals surface area contributed by atoms with Gasteiger partial charge in [0.05, 0.1) is 11.9 Å². The Morgan fingerprint density at radius 1 is 1.67 bits per heavy atom. The third-order valence-corrected chi connectivity index (χ3v) is 2.79. The molecular formula is C10H17N5. The van der Waals surface area contributed by atoms with Crippen LogP contribution in [0.25, 0.3) is 0 Å². The lowest BCUT2D eigenvalue weighted by atomic mass is 10.1. The number of hydrogen-bond acceptors (Lipinski definition) is 5. The van der Waals surface area contributed by atoms with E-state index in [1.54, 1.807) is 6.20 Å². The summed E-state index contributed by atoms with van der Waals surface area (Å²) in [5.41, 5.74) is 6.35. The minimum Gasteiger partial charge on any atom is -0.394 e. The average Bonchev–Trinajstić information content (AvgIpc) is 2.63. The van der Waals surface area contributed by atoms with E-state index in [1.165, 1.54) is 19.3 Å². The second-order valence-corrected chi connectivity index (χ2v) is 4.12. The van der Waals surface area contributed by atoms with Crippen molar-refractivity contribution in [1.29, 1.82) is 0 Å². The van der Waals surface area contributed by atoms with E-state index in [0.29, 0.717) is 11.6 Å². The number of rotatable bonds is 3. The molecule has 1 unspecified atom stereocenters. The molecule has 15 heavy (non-hydrogen) atoms. The number of nitrogen functional groups attached to an aromatic ring is 1. The highest BCUT2D eigenvalue weighted by atomic mass is 15.1. The highest BCUT2D eigenvalue weighted by Gasteiger charge is 2.19. The third kappa shape index (κ3) is 2.56. The van der Waals surface area contributed by atoms with E-state index >= 15 is 0 Å². The molecule has 1 saturated heterocycles. The number of nitrogens with two attached hydrogens (primary N) is 1. The predicted molar refractivity (Wildman–Crippen MR) is 60.5 cm³/mol. The monoisotopic (exact) mass is 207 g/mol. The molecule has 1 aliphatic heterocycles. The fraction of sp³-hybridized carbons (Fsp3) is 0.600. The van der Waals surface area contributed by atoms with Crippen LogP contribution in [0.15, 0.2) is 12.5 Å². The van der Waals surface area contributed by atoms with Crippen molar-refractivity contribution in [3.8, 4) is 0 Å². The molecule has 0 radical (unpaired) electrons. The molecule has 0 bridgehead atoms. The Morgan fingerprint density at radius 3 is 3.20 bits per heavy atom. The van der Waals surface area contributed by atoms with Crippen molar-refractivity contribution in [3.63, 3.8) is 0 Å². The van der Waals surface area contributed by atoms with Gasteiger partial charge in [-0.05, 0) is 25.9 Å². The summed E-state index contributed by atoms with van der Waals surface area (Å²) in [5, 5.41) is 3.27. The standard InChI is InChI=1S/C10H17N5/c1-15-3-2-8(6-15)4-13-10-9(11)5-12-7-14-10/h5,7-8H,2-4,6,11H2,1H3,(H,12,13,14). The van der Waals surface area contributed by atoms with Gasteiger partial charge in [-0.2, -0.15) is 0 Å². The van der Waals surface area contributed by atoms with Crippen LogP contribution in [0.2, 0.25) is 0 Å². The molecule has 1 aliphatic rings. The summed E-state index contributed by atoms with van der Waals surface area (Å²) in [6.07, 6.45) is 4.38. The lowest BCUT2D eigenvalue weighted by molar-refractivity contribution is 0.399. The van der Waals surface area contributed by atoms with Crippen LogP contribution in [0.4, 0.5) is 11.5 Å². The predicted octanol–water partition coefficient (Wildman–Crippen LogP) is 0.422. The smallest absolute Gasteiger partial charge is 0.152 e. The Bertz CT molecular complexity index is 327. The summed E-state index contributed by atoms with van der Waals surface area (Å²) in [6, 6.07) is 0. The molecule has 0 aliphatic carbocycles. The van der Waals surface area contributed by atoms with Gasteiger partial charge in [-0.3, -0.25) is 0 Å². The van der Waals surface area contributed by atoms with E-state index in [4.69, 9.17) is 5.73 Å².